The molecule has 1 aliphatic rings. The quantitative estimate of drug-likeness (QED) is 0.495. The van der Waals surface area contributed by atoms with Crippen LogP contribution >= 0.6 is 0 Å². The largest absolute Gasteiger partial charge is 0.454 e. The number of para-hydroxylation sites is 1. The van der Waals surface area contributed by atoms with Crippen LogP contribution < -0.4 is 9.47 Å². The summed E-state index contributed by atoms with van der Waals surface area (Å²) in [5.41, 5.74) is 1.54. The highest BCUT2D eigenvalue weighted by Crippen LogP contribution is 2.33. The van der Waals surface area contributed by atoms with Gasteiger partial charge in [-0.2, -0.15) is 5.10 Å². The van der Waals surface area contributed by atoms with Crippen LogP contribution in [0, 0.1) is 5.82 Å². The molecule has 0 saturated carbocycles. The third kappa shape index (κ3) is 3.42. The fourth-order valence-electron chi connectivity index (χ4n) is 3.61. The molecule has 0 bridgehead atoms. The summed E-state index contributed by atoms with van der Waals surface area (Å²) in [6, 6.07) is 15.6. The van der Waals surface area contributed by atoms with Gasteiger partial charge in [-0.05, 0) is 42.0 Å². The van der Waals surface area contributed by atoms with E-state index >= 15 is 0 Å². The van der Waals surface area contributed by atoms with Gasteiger partial charge >= 0.3 is 0 Å². The van der Waals surface area contributed by atoms with Crippen LogP contribution in [0.4, 0.5) is 4.39 Å². The summed E-state index contributed by atoms with van der Waals surface area (Å²) in [5, 5.41) is 4.33. The first-order chi connectivity index (χ1) is 15.1. The number of halogens is 1. The highest BCUT2D eigenvalue weighted by Gasteiger charge is 2.24. The Morgan fingerprint density at radius 1 is 1.10 bits per heavy atom. The van der Waals surface area contributed by atoms with E-state index in [1.165, 1.54) is 16.9 Å². The monoisotopic (exact) mass is 418 g/mol. The van der Waals surface area contributed by atoms with E-state index in [4.69, 9.17) is 9.47 Å². The van der Waals surface area contributed by atoms with Gasteiger partial charge in [0.1, 0.15) is 17.1 Å². The number of aromatic nitrogens is 3. The zero-order valence-electron chi connectivity index (χ0n) is 16.7. The second kappa shape index (κ2) is 7.64. The lowest BCUT2D eigenvalue weighted by Gasteiger charge is -2.18. The van der Waals surface area contributed by atoms with Crippen LogP contribution in [0.3, 0.4) is 0 Å². The van der Waals surface area contributed by atoms with Crippen molar-refractivity contribution < 1.29 is 18.7 Å². The van der Waals surface area contributed by atoms with Crippen LogP contribution in [0.25, 0.3) is 11.5 Å². The van der Waals surface area contributed by atoms with Crippen molar-refractivity contribution in [1.82, 2.24) is 19.2 Å². The van der Waals surface area contributed by atoms with Crippen LogP contribution in [0.15, 0.2) is 73.2 Å². The molecule has 0 unspecified atom stereocenters. The van der Waals surface area contributed by atoms with E-state index in [2.05, 4.69) is 5.10 Å². The maximum atomic E-state index is 14.5. The zero-order valence-corrected chi connectivity index (χ0v) is 16.7. The van der Waals surface area contributed by atoms with Crippen molar-refractivity contribution in [2.45, 2.75) is 6.54 Å². The van der Waals surface area contributed by atoms with Crippen molar-refractivity contribution in [3.8, 4) is 23.0 Å². The lowest BCUT2D eigenvalue weighted by Crippen LogP contribution is -2.27. The van der Waals surface area contributed by atoms with Crippen molar-refractivity contribution in [2.75, 3.05) is 13.8 Å². The van der Waals surface area contributed by atoms with Crippen molar-refractivity contribution in [2.24, 2.45) is 0 Å². The number of carbonyl (C=O) groups is 1. The highest BCUT2D eigenvalue weighted by molar-refractivity contribution is 5.97. The van der Waals surface area contributed by atoms with Crippen molar-refractivity contribution in [3.63, 3.8) is 0 Å². The number of hydrogen-bond acceptors (Lipinski definition) is 4. The average Bonchev–Trinajstić information content (AvgIpc) is 3.52. The van der Waals surface area contributed by atoms with Gasteiger partial charge < -0.3 is 18.9 Å². The van der Waals surface area contributed by atoms with E-state index in [1.807, 2.05) is 30.3 Å². The number of hydrogen-bond donors (Lipinski definition) is 0. The molecule has 2 aromatic carbocycles. The molecule has 0 spiro atoms. The molecule has 0 N–H and O–H groups in total. The third-order valence-corrected chi connectivity index (χ3v) is 5.11. The van der Waals surface area contributed by atoms with Crippen LogP contribution in [0.1, 0.15) is 15.9 Å². The summed E-state index contributed by atoms with van der Waals surface area (Å²) in [6.45, 7) is 0.564. The number of ether oxygens (including phenoxy) is 2. The number of nitrogens with zero attached hydrogens (tertiary/aromatic N) is 4. The minimum Gasteiger partial charge on any atom is -0.454 e. The minimum absolute atomic E-state index is 0.197. The van der Waals surface area contributed by atoms with Crippen molar-refractivity contribution >= 4 is 5.91 Å². The number of fused-ring (bicyclic) bond motifs is 1. The van der Waals surface area contributed by atoms with Gasteiger partial charge in [-0.1, -0.05) is 18.2 Å². The fraction of sp³-hybridized carbons (Fsp3) is 0.130. The Kier molecular flexibility index (Phi) is 4.66. The van der Waals surface area contributed by atoms with E-state index in [9.17, 15) is 9.18 Å². The molecule has 2 aromatic heterocycles. The summed E-state index contributed by atoms with van der Waals surface area (Å²) in [4.78, 5) is 14.9. The SMILES string of the molecule is CN(Cc1ccc2c(c1)OCO2)C(=O)c1cnn(-c2ccccc2F)c1-n1cccc1. The normalized spacial score (nSPS) is 12.2. The summed E-state index contributed by atoms with van der Waals surface area (Å²) in [5.74, 6) is 1.17. The van der Waals surface area contributed by atoms with Crippen LogP contribution in [0.5, 0.6) is 11.5 Å². The first kappa shape index (κ1) is 18.9. The highest BCUT2D eigenvalue weighted by atomic mass is 19.1. The van der Waals surface area contributed by atoms with Crippen LogP contribution in [0.2, 0.25) is 0 Å². The molecule has 0 fully saturated rings. The van der Waals surface area contributed by atoms with Crippen molar-refractivity contribution in [3.05, 3.63) is 90.1 Å². The first-order valence-corrected chi connectivity index (χ1v) is 9.72. The molecule has 0 aliphatic carbocycles. The van der Waals surface area contributed by atoms with Gasteiger partial charge in [-0.3, -0.25) is 4.79 Å². The summed E-state index contributed by atoms with van der Waals surface area (Å²) >= 11 is 0. The van der Waals surface area contributed by atoms with E-state index in [1.54, 1.807) is 47.1 Å². The predicted molar refractivity (Wildman–Crippen MR) is 111 cm³/mol. The Hall–Kier alpha value is -4.07. The maximum absolute atomic E-state index is 14.5. The second-order valence-electron chi connectivity index (χ2n) is 7.18. The Bertz CT molecular complexity index is 1250. The zero-order chi connectivity index (χ0) is 21.4. The van der Waals surface area contributed by atoms with E-state index < -0.39 is 5.82 Å². The lowest BCUT2D eigenvalue weighted by molar-refractivity contribution is 0.0785. The Labute approximate surface area is 177 Å². The van der Waals surface area contributed by atoms with E-state index in [-0.39, 0.29) is 18.4 Å². The molecule has 5 rings (SSSR count). The topological polar surface area (TPSA) is 61.5 Å². The second-order valence-corrected chi connectivity index (χ2v) is 7.18. The van der Waals surface area contributed by atoms with Gasteiger partial charge in [0.15, 0.2) is 17.3 Å². The maximum Gasteiger partial charge on any atom is 0.259 e. The lowest BCUT2D eigenvalue weighted by atomic mass is 10.1. The molecule has 1 aliphatic heterocycles. The molecular weight excluding hydrogens is 399 g/mol. The molecule has 156 valence electrons. The number of carbonyl (C=O) groups excluding carboxylic acids is 1. The van der Waals surface area contributed by atoms with E-state index in [0.717, 1.165) is 5.56 Å². The molecule has 31 heavy (non-hydrogen) atoms. The van der Waals surface area contributed by atoms with Crippen LogP contribution in [-0.2, 0) is 6.54 Å². The third-order valence-electron chi connectivity index (χ3n) is 5.11. The van der Waals surface area contributed by atoms with Gasteiger partial charge in [0.25, 0.3) is 5.91 Å². The first-order valence-electron chi connectivity index (χ1n) is 9.72. The van der Waals surface area contributed by atoms with Gasteiger partial charge in [0, 0.05) is 26.0 Å². The van der Waals surface area contributed by atoms with Gasteiger partial charge in [-0.15, -0.1) is 0 Å². The predicted octanol–water partition coefficient (Wildman–Crippen LogP) is 3.80. The minimum atomic E-state index is -0.424. The molecule has 0 saturated heterocycles. The summed E-state index contributed by atoms with van der Waals surface area (Å²) < 4.78 is 28.4. The molecule has 3 heterocycles. The summed E-state index contributed by atoms with van der Waals surface area (Å²) in [6.07, 6.45) is 5.06. The fourth-order valence-corrected chi connectivity index (χ4v) is 3.61. The van der Waals surface area contributed by atoms with E-state index in [0.29, 0.717) is 29.4 Å². The Morgan fingerprint density at radius 3 is 2.68 bits per heavy atom. The molecule has 1 amide bonds. The molecule has 8 heteroatoms. The number of amides is 1. The standard InChI is InChI=1S/C23H19FN4O3/c1-26(14-16-8-9-20-21(12-16)31-15-30-20)23(29)17-13-25-28(19-7-3-2-6-18(19)24)22(17)27-10-4-5-11-27/h2-13H,14-15H2,1H3. The Morgan fingerprint density at radius 2 is 1.87 bits per heavy atom. The molecular formula is C23H19FN4O3. The molecule has 4 aromatic rings. The average molecular weight is 418 g/mol. The summed E-state index contributed by atoms with van der Waals surface area (Å²) in [7, 11) is 1.72. The van der Waals surface area contributed by atoms with Crippen molar-refractivity contribution in [1.29, 1.82) is 0 Å². The van der Waals surface area contributed by atoms with Gasteiger partial charge in [-0.25, -0.2) is 9.07 Å². The van der Waals surface area contributed by atoms with Crippen LogP contribution in [-0.4, -0.2) is 39.0 Å². The Balaban J connectivity index is 1.49. The number of rotatable bonds is 5. The van der Waals surface area contributed by atoms with Gasteiger partial charge in [0.05, 0.1) is 6.20 Å². The van der Waals surface area contributed by atoms with Gasteiger partial charge in [0.2, 0.25) is 6.79 Å². The number of benzene rings is 2. The molecule has 7 nitrogen and oxygen atoms in total. The molecule has 0 radical (unpaired) electrons. The molecule has 0 atom stereocenters. The smallest absolute Gasteiger partial charge is 0.259 e.